The smallest absolute Gasteiger partial charge is 0.305 e. The van der Waals surface area contributed by atoms with Crippen molar-refractivity contribution in [2.45, 2.75) is 32.6 Å². The molecule has 0 aliphatic rings. The monoisotopic (exact) mass is 362 g/mol. The Bertz CT molecular complexity index is 297. The standard InChI is InChI=1S/C18H34O7/c1-3-5-6-7-18(19)25-17-16-24-15-14-23-13-12-22-11-10-21-9-8-20-4-2/h4H,2-3,5-17H2,1H3. The van der Waals surface area contributed by atoms with Crippen LogP contribution in [0.1, 0.15) is 32.6 Å². The molecular weight excluding hydrogens is 328 g/mol. The van der Waals surface area contributed by atoms with Gasteiger partial charge in [-0.15, -0.1) is 0 Å². The molecule has 0 saturated heterocycles. The summed E-state index contributed by atoms with van der Waals surface area (Å²) in [5.74, 6) is -0.150. The van der Waals surface area contributed by atoms with Crippen molar-refractivity contribution in [1.29, 1.82) is 0 Å². The van der Waals surface area contributed by atoms with Crippen LogP contribution in [0.2, 0.25) is 0 Å². The predicted octanol–water partition coefficient (Wildman–Crippen LogP) is 2.34. The highest BCUT2D eigenvalue weighted by Gasteiger charge is 2.01. The van der Waals surface area contributed by atoms with Gasteiger partial charge < -0.3 is 28.4 Å². The summed E-state index contributed by atoms with van der Waals surface area (Å²) in [6.07, 6.45) is 4.93. The topological polar surface area (TPSA) is 72.5 Å². The minimum absolute atomic E-state index is 0.150. The number of esters is 1. The first kappa shape index (κ1) is 23.9. The first-order valence-corrected chi connectivity index (χ1v) is 9.00. The Hall–Kier alpha value is -1.15. The second-order valence-electron chi connectivity index (χ2n) is 5.16. The van der Waals surface area contributed by atoms with E-state index in [1.807, 2.05) is 0 Å². The Morgan fingerprint density at radius 2 is 1.24 bits per heavy atom. The number of rotatable bonds is 20. The summed E-state index contributed by atoms with van der Waals surface area (Å²) >= 11 is 0. The Morgan fingerprint density at radius 3 is 1.72 bits per heavy atom. The fourth-order valence-electron chi connectivity index (χ4n) is 1.76. The van der Waals surface area contributed by atoms with Crippen LogP contribution in [0.4, 0.5) is 0 Å². The lowest BCUT2D eigenvalue weighted by Gasteiger charge is -2.08. The second kappa shape index (κ2) is 20.9. The first-order chi connectivity index (χ1) is 12.3. The maximum absolute atomic E-state index is 11.3. The lowest BCUT2D eigenvalue weighted by Crippen LogP contribution is -2.14. The third-order valence-corrected chi connectivity index (χ3v) is 3.05. The summed E-state index contributed by atoms with van der Waals surface area (Å²) in [6, 6.07) is 0. The zero-order valence-electron chi connectivity index (χ0n) is 15.5. The maximum atomic E-state index is 11.3. The largest absolute Gasteiger partial charge is 0.499 e. The van der Waals surface area contributed by atoms with Crippen LogP contribution in [0, 0.1) is 0 Å². The van der Waals surface area contributed by atoms with Gasteiger partial charge in [-0.1, -0.05) is 26.3 Å². The van der Waals surface area contributed by atoms with E-state index >= 15 is 0 Å². The molecule has 0 rings (SSSR count). The summed E-state index contributed by atoms with van der Waals surface area (Å²) in [7, 11) is 0. The molecule has 0 aliphatic carbocycles. The van der Waals surface area contributed by atoms with Crippen molar-refractivity contribution in [2.24, 2.45) is 0 Å². The molecule has 0 atom stereocenters. The molecule has 0 heterocycles. The molecular formula is C18H34O7. The molecule has 0 spiro atoms. The lowest BCUT2D eigenvalue weighted by atomic mass is 10.2. The Balaban J connectivity index is 3.07. The van der Waals surface area contributed by atoms with E-state index in [0.29, 0.717) is 72.5 Å². The number of unbranched alkanes of at least 4 members (excludes halogenated alkanes) is 2. The lowest BCUT2D eigenvalue weighted by molar-refractivity contribution is -0.145. The highest BCUT2D eigenvalue weighted by Crippen LogP contribution is 2.00. The molecule has 25 heavy (non-hydrogen) atoms. The molecule has 0 aliphatic heterocycles. The first-order valence-electron chi connectivity index (χ1n) is 9.00. The maximum Gasteiger partial charge on any atom is 0.305 e. The predicted molar refractivity (Wildman–Crippen MR) is 94.5 cm³/mol. The highest BCUT2D eigenvalue weighted by molar-refractivity contribution is 5.69. The molecule has 0 fully saturated rings. The Morgan fingerprint density at radius 1 is 0.760 bits per heavy atom. The summed E-state index contributed by atoms with van der Waals surface area (Å²) in [5, 5.41) is 0. The van der Waals surface area contributed by atoms with Crippen molar-refractivity contribution in [3.8, 4) is 0 Å². The van der Waals surface area contributed by atoms with Gasteiger partial charge in [-0.2, -0.15) is 0 Å². The average Bonchev–Trinajstić information content (AvgIpc) is 2.61. The van der Waals surface area contributed by atoms with E-state index in [0.717, 1.165) is 19.3 Å². The van der Waals surface area contributed by atoms with Crippen LogP contribution < -0.4 is 0 Å². The molecule has 0 bridgehead atoms. The van der Waals surface area contributed by atoms with Crippen LogP contribution in [0.5, 0.6) is 0 Å². The average molecular weight is 362 g/mol. The summed E-state index contributed by atoms with van der Waals surface area (Å²) < 4.78 is 31.3. The van der Waals surface area contributed by atoms with E-state index in [4.69, 9.17) is 28.4 Å². The van der Waals surface area contributed by atoms with Crippen molar-refractivity contribution in [1.82, 2.24) is 0 Å². The summed E-state index contributed by atoms with van der Waals surface area (Å²) in [4.78, 5) is 11.3. The molecule has 7 heteroatoms. The third kappa shape index (κ3) is 20.8. The van der Waals surface area contributed by atoms with Crippen molar-refractivity contribution >= 4 is 5.97 Å². The van der Waals surface area contributed by atoms with Crippen LogP contribution in [-0.4, -0.2) is 72.0 Å². The molecule has 0 radical (unpaired) electrons. The quantitative estimate of drug-likeness (QED) is 0.187. The van der Waals surface area contributed by atoms with Crippen molar-refractivity contribution in [2.75, 3.05) is 66.1 Å². The van der Waals surface area contributed by atoms with Crippen molar-refractivity contribution in [3.05, 3.63) is 12.8 Å². The molecule has 7 nitrogen and oxygen atoms in total. The van der Waals surface area contributed by atoms with Crippen LogP contribution in [0.3, 0.4) is 0 Å². The van der Waals surface area contributed by atoms with Gasteiger partial charge in [-0.05, 0) is 6.42 Å². The van der Waals surface area contributed by atoms with E-state index in [-0.39, 0.29) is 5.97 Å². The van der Waals surface area contributed by atoms with Gasteiger partial charge in [0.1, 0.15) is 13.2 Å². The molecule has 0 saturated carbocycles. The second-order valence-corrected chi connectivity index (χ2v) is 5.16. The van der Waals surface area contributed by atoms with Crippen molar-refractivity contribution in [3.63, 3.8) is 0 Å². The van der Waals surface area contributed by atoms with Crippen molar-refractivity contribution < 1.29 is 33.2 Å². The third-order valence-electron chi connectivity index (χ3n) is 3.05. The van der Waals surface area contributed by atoms with E-state index in [1.54, 1.807) is 0 Å². The van der Waals surface area contributed by atoms with Crippen LogP contribution in [0.25, 0.3) is 0 Å². The minimum atomic E-state index is -0.150. The number of carbonyl (C=O) groups is 1. The molecule has 0 aromatic carbocycles. The normalized spacial score (nSPS) is 10.6. The van der Waals surface area contributed by atoms with E-state index in [1.165, 1.54) is 6.26 Å². The van der Waals surface area contributed by atoms with Gasteiger partial charge in [-0.3, -0.25) is 4.79 Å². The van der Waals surface area contributed by atoms with Gasteiger partial charge in [0.05, 0.1) is 59.1 Å². The Kier molecular flexibility index (Phi) is 19.9. The van der Waals surface area contributed by atoms with E-state index < -0.39 is 0 Å². The highest BCUT2D eigenvalue weighted by atomic mass is 16.6. The number of carbonyl (C=O) groups excluding carboxylic acids is 1. The summed E-state index contributed by atoms with van der Waals surface area (Å²) in [5.41, 5.74) is 0. The van der Waals surface area contributed by atoms with Crippen LogP contribution >= 0.6 is 0 Å². The molecule has 148 valence electrons. The fourth-order valence-corrected chi connectivity index (χ4v) is 1.76. The molecule has 0 amide bonds. The number of hydrogen-bond acceptors (Lipinski definition) is 7. The van der Waals surface area contributed by atoms with Crippen LogP contribution in [0.15, 0.2) is 12.8 Å². The van der Waals surface area contributed by atoms with Gasteiger partial charge in [-0.25, -0.2) is 0 Å². The number of ether oxygens (including phenoxy) is 6. The SMILES string of the molecule is C=COCCOCCOCCOCCOCCOC(=O)CCCCC. The van der Waals surface area contributed by atoms with Crippen LogP contribution in [-0.2, 0) is 33.2 Å². The molecule has 0 unspecified atom stereocenters. The van der Waals surface area contributed by atoms with E-state index in [2.05, 4.69) is 13.5 Å². The van der Waals surface area contributed by atoms with Gasteiger partial charge in [0.15, 0.2) is 0 Å². The van der Waals surface area contributed by atoms with Gasteiger partial charge in [0.2, 0.25) is 0 Å². The zero-order valence-corrected chi connectivity index (χ0v) is 15.5. The van der Waals surface area contributed by atoms with Gasteiger partial charge >= 0.3 is 5.97 Å². The minimum Gasteiger partial charge on any atom is -0.499 e. The molecule has 0 aromatic heterocycles. The molecule has 0 N–H and O–H groups in total. The van der Waals surface area contributed by atoms with Gasteiger partial charge in [0, 0.05) is 6.42 Å². The van der Waals surface area contributed by atoms with E-state index in [9.17, 15) is 4.79 Å². The van der Waals surface area contributed by atoms with Gasteiger partial charge in [0.25, 0.3) is 0 Å². The fraction of sp³-hybridized carbons (Fsp3) is 0.833. The summed E-state index contributed by atoms with van der Waals surface area (Å²) in [6.45, 7) is 10.3. The zero-order chi connectivity index (χ0) is 18.4. The molecule has 0 aromatic rings. The number of hydrogen-bond donors (Lipinski definition) is 0. The Labute approximate surface area is 151 Å².